The Labute approximate surface area is 214 Å². The molecule has 37 heavy (non-hydrogen) atoms. The summed E-state index contributed by atoms with van der Waals surface area (Å²) >= 11 is 5.98. The first-order valence-corrected chi connectivity index (χ1v) is 11.1. The summed E-state index contributed by atoms with van der Waals surface area (Å²) in [4.78, 5) is 37.0. The van der Waals surface area contributed by atoms with E-state index < -0.39 is 18.0 Å². The number of aromatic nitrogens is 6. The Hall–Kier alpha value is -4.65. The Morgan fingerprint density at radius 3 is 2.65 bits per heavy atom. The van der Waals surface area contributed by atoms with Crippen LogP contribution in [-0.2, 0) is 11.8 Å². The van der Waals surface area contributed by atoms with Crippen LogP contribution in [0, 0.1) is 5.82 Å². The summed E-state index contributed by atoms with van der Waals surface area (Å²) in [6, 6.07) is 7.42. The fraction of sp³-hybridized carbons (Fsp3) is 0.174. The smallest absolute Gasteiger partial charge is 0.413 e. The number of halogens is 2. The molecule has 4 heterocycles. The Balaban J connectivity index is 1.45. The second kappa shape index (κ2) is 11.0. The van der Waals surface area contributed by atoms with E-state index in [0.717, 1.165) is 12.3 Å². The Morgan fingerprint density at radius 1 is 1.11 bits per heavy atom. The number of methoxy groups -OCH3 is 1. The van der Waals surface area contributed by atoms with E-state index in [1.807, 2.05) is 0 Å². The highest BCUT2D eigenvalue weighted by Gasteiger charge is 2.21. The van der Waals surface area contributed by atoms with Crippen LogP contribution in [0.4, 0.5) is 20.7 Å². The van der Waals surface area contributed by atoms with E-state index in [4.69, 9.17) is 21.1 Å². The molecule has 0 spiro atoms. The standard InChI is InChI=1S/C23H20ClFN8O4/c1-12(16-9-14(25)10-28-20(16)24)37-23(35)30-21-19(31-32-33(21)2)17-5-4-15(11-27-17)29-22(34)13-6-7-26-18(8-13)36-3/h4-12H,1-3H3,(H,29,34)(H,30,35)/t12-/m1/s1. The second-order valence-corrected chi connectivity index (χ2v) is 7.95. The molecule has 190 valence electrons. The average Bonchev–Trinajstić information content (AvgIpc) is 3.25. The molecule has 1 atom stereocenters. The van der Waals surface area contributed by atoms with Crippen molar-refractivity contribution < 1.29 is 23.5 Å². The lowest BCUT2D eigenvalue weighted by Crippen LogP contribution is -2.19. The molecule has 0 saturated carbocycles. The molecule has 0 aliphatic carbocycles. The number of aryl methyl sites for hydroxylation is 1. The molecule has 0 aliphatic heterocycles. The zero-order valence-electron chi connectivity index (χ0n) is 19.8. The van der Waals surface area contributed by atoms with Gasteiger partial charge in [0, 0.05) is 30.4 Å². The van der Waals surface area contributed by atoms with Gasteiger partial charge in [-0.25, -0.2) is 23.8 Å². The molecule has 4 rings (SSSR count). The first-order valence-electron chi connectivity index (χ1n) is 10.7. The number of pyridine rings is 3. The van der Waals surface area contributed by atoms with Gasteiger partial charge in [0.05, 0.1) is 30.9 Å². The fourth-order valence-corrected chi connectivity index (χ4v) is 3.47. The first-order chi connectivity index (χ1) is 17.7. The van der Waals surface area contributed by atoms with Gasteiger partial charge in [-0.3, -0.25) is 15.1 Å². The third-order valence-electron chi connectivity index (χ3n) is 5.07. The van der Waals surface area contributed by atoms with E-state index in [2.05, 4.69) is 35.9 Å². The van der Waals surface area contributed by atoms with Crippen molar-refractivity contribution in [3.63, 3.8) is 0 Å². The van der Waals surface area contributed by atoms with Crippen molar-refractivity contribution in [3.05, 3.63) is 71.0 Å². The average molecular weight is 527 g/mol. The molecule has 2 N–H and O–H groups in total. The lowest BCUT2D eigenvalue weighted by atomic mass is 10.2. The van der Waals surface area contributed by atoms with Crippen molar-refractivity contribution in [1.82, 2.24) is 29.9 Å². The highest BCUT2D eigenvalue weighted by molar-refractivity contribution is 6.30. The molecule has 0 radical (unpaired) electrons. The van der Waals surface area contributed by atoms with Crippen LogP contribution in [0.3, 0.4) is 0 Å². The maximum atomic E-state index is 13.5. The molecule has 12 nitrogen and oxygen atoms in total. The van der Waals surface area contributed by atoms with E-state index in [1.165, 1.54) is 37.2 Å². The summed E-state index contributed by atoms with van der Waals surface area (Å²) in [5, 5.41) is 13.3. The van der Waals surface area contributed by atoms with Gasteiger partial charge < -0.3 is 14.8 Å². The van der Waals surface area contributed by atoms with Gasteiger partial charge in [0.2, 0.25) is 5.88 Å². The van der Waals surface area contributed by atoms with Crippen molar-refractivity contribution in [3.8, 4) is 17.3 Å². The molecule has 2 amide bonds. The van der Waals surface area contributed by atoms with Crippen LogP contribution in [0.15, 0.2) is 48.9 Å². The topological polar surface area (TPSA) is 146 Å². The highest BCUT2D eigenvalue weighted by atomic mass is 35.5. The molecule has 0 fully saturated rings. The Bertz CT molecular complexity index is 1450. The fourth-order valence-electron chi connectivity index (χ4n) is 3.22. The Kier molecular flexibility index (Phi) is 7.53. The molecular formula is C23H20ClFN8O4. The van der Waals surface area contributed by atoms with E-state index >= 15 is 0 Å². The molecule has 0 aromatic carbocycles. The van der Waals surface area contributed by atoms with Crippen molar-refractivity contribution >= 4 is 35.1 Å². The third kappa shape index (κ3) is 5.95. The molecule has 0 unspecified atom stereocenters. The summed E-state index contributed by atoms with van der Waals surface area (Å²) in [7, 11) is 3.03. The van der Waals surface area contributed by atoms with E-state index in [9.17, 15) is 14.0 Å². The maximum absolute atomic E-state index is 13.5. The SMILES string of the molecule is COc1cc(C(=O)Nc2ccc(-c3nnn(C)c3NC(=O)O[C@H](C)c3cc(F)cnc3Cl)nc2)ccn1. The molecule has 0 bridgehead atoms. The van der Waals surface area contributed by atoms with E-state index in [0.29, 0.717) is 22.8 Å². The van der Waals surface area contributed by atoms with Gasteiger partial charge in [-0.2, -0.15) is 0 Å². The highest BCUT2D eigenvalue weighted by Crippen LogP contribution is 2.27. The summed E-state index contributed by atoms with van der Waals surface area (Å²) in [6.07, 6.45) is 2.13. The largest absolute Gasteiger partial charge is 0.481 e. The monoisotopic (exact) mass is 526 g/mol. The zero-order valence-corrected chi connectivity index (χ0v) is 20.5. The lowest BCUT2D eigenvalue weighted by Gasteiger charge is -2.15. The van der Waals surface area contributed by atoms with Crippen LogP contribution in [-0.4, -0.2) is 49.1 Å². The van der Waals surface area contributed by atoms with Gasteiger partial charge in [0.1, 0.15) is 17.1 Å². The molecular weight excluding hydrogens is 507 g/mol. The van der Waals surface area contributed by atoms with Crippen molar-refractivity contribution in [2.45, 2.75) is 13.0 Å². The predicted molar refractivity (Wildman–Crippen MR) is 131 cm³/mol. The number of amides is 2. The van der Waals surface area contributed by atoms with Gasteiger partial charge >= 0.3 is 6.09 Å². The summed E-state index contributed by atoms with van der Waals surface area (Å²) < 4.78 is 25.2. The summed E-state index contributed by atoms with van der Waals surface area (Å²) in [6.45, 7) is 1.53. The van der Waals surface area contributed by atoms with Crippen molar-refractivity contribution in [1.29, 1.82) is 0 Å². The van der Waals surface area contributed by atoms with Gasteiger partial charge in [-0.1, -0.05) is 16.8 Å². The molecule has 4 aromatic heterocycles. The number of nitrogens with zero attached hydrogens (tertiary/aromatic N) is 6. The zero-order chi connectivity index (χ0) is 26.5. The maximum Gasteiger partial charge on any atom is 0.413 e. The number of hydrogen-bond acceptors (Lipinski definition) is 9. The lowest BCUT2D eigenvalue weighted by molar-refractivity contribution is 0.102. The number of nitrogens with one attached hydrogen (secondary N) is 2. The van der Waals surface area contributed by atoms with Gasteiger partial charge in [0.25, 0.3) is 5.91 Å². The minimum Gasteiger partial charge on any atom is -0.481 e. The Morgan fingerprint density at radius 2 is 1.92 bits per heavy atom. The van der Waals surface area contributed by atoms with Crippen LogP contribution in [0.5, 0.6) is 5.88 Å². The van der Waals surface area contributed by atoms with Crippen molar-refractivity contribution in [2.24, 2.45) is 7.05 Å². The van der Waals surface area contributed by atoms with Crippen LogP contribution in [0.2, 0.25) is 5.15 Å². The molecule has 14 heteroatoms. The van der Waals surface area contributed by atoms with Crippen LogP contribution < -0.4 is 15.4 Å². The van der Waals surface area contributed by atoms with Crippen molar-refractivity contribution in [2.75, 3.05) is 17.7 Å². The number of ether oxygens (including phenoxy) is 2. The van der Waals surface area contributed by atoms with Gasteiger partial charge in [-0.15, -0.1) is 5.10 Å². The minimum atomic E-state index is -0.887. The van der Waals surface area contributed by atoms with Crippen LogP contribution in [0.25, 0.3) is 11.4 Å². The number of anilines is 2. The minimum absolute atomic E-state index is 0.0176. The normalized spacial score (nSPS) is 11.5. The number of carbonyl (C=O) groups is 2. The summed E-state index contributed by atoms with van der Waals surface area (Å²) in [5.74, 6) is -0.469. The van der Waals surface area contributed by atoms with Crippen LogP contribution >= 0.6 is 11.6 Å². The first kappa shape index (κ1) is 25.4. The molecule has 0 saturated heterocycles. The number of hydrogen-bond donors (Lipinski definition) is 2. The third-order valence-corrected chi connectivity index (χ3v) is 5.39. The molecule has 0 aliphatic rings. The number of carbonyl (C=O) groups excluding carboxylic acids is 2. The van der Waals surface area contributed by atoms with Crippen LogP contribution in [0.1, 0.15) is 28.9 Å². The molecule has 4 aromatic rings. The van der Waals surface area contributed by atoms with E-state index in [-0.39, 0.29) is 28.1 Å². The number of rotatable bonds is 7. The quantitative estimate of drug-likeness (QED) is 0.341. The second-order valence-electron chi connectivity index (χ2n) is 7.59. The summed E-state index contributed by atoms with van der Waals surface area (Å²) in [5.41, 5.74) is 1.63. The predicted octanol–water partition coefficient (Wildman–Crippen LogP) is 4.03. The van der Waals surface area contributed by atoms with Gasteiger partial charge in [0.15, 0.2) is 11.5 Å². The van der Waals surface area contributed by atoms with E-state index in [1.54, 1.807) is 25.2 Å². The van der Waals surface area contributed by atoms with Gasteiger partial charge in [-0.05, 0) is 31.2 Å².